The molecule has 0 aliphatic heterocycles. The third kappa shape index (κ3) is 2.52. The largest absolute Gasteiger partial charge is 0.366 e. The normalized spacial score (nSPS) is 17.8. The fourth-order valence-electron chi connectivity index (χ4n) is 1.61. The average molecular weight is 279 g/mol. The SMILES string of the molecule is CS(=O)(=O)C1(CNc2ncc(Cl)cc2F)CC1. The van der Waals surface area contributed by atoms with Crippen LogP contribution in [0.3, 0.4) is 0 Å². The van der Waals surface area contributed by atoms with Crippen molar-refractivity contribution in [1.82, 2.24) is 4.98 Å². The molecule has 1 fully saturated rings. The van der Waals surface area contributed by atoms with Crippen LogP contribution in [0.1, 0.15) is 12.8 Å². The number of aromatic nitrogens is 1. The van der Waals surface area contributed by atoms with Gasteiger partial charge in [-0.2, -0.15) is 0 Å². The molecule has 1 N–H and O–H groups in total. The lowest BCUT2D eigenvalue weighted by Crippen LogP contribution is -2.30. The van der Waals surface area contributed by atoms with E-state index in [-0.39, 0.29) is 17.4 Å². The zero-order valence-corrected chi connectivity index (χ0v) is 10.8. The zero-order valence-electron chi connectivity index (χ0n) is 9.20. The van der Waals surface area contributed by atoms with Gasteiger partial charge >= 0.3 is 0 Å². The molecule has 1 heterocycles. The van der Waals surface area contributed by atoms with Crippen LogP contribution in [0.4, 0.5) is 10.2 Å². The summed E-state index contributed by atoms with van der Waals surface area (Å²) in [5, 5.41) is 2.93. The van der Waals surface area contributed by atoms with E-state index in [4.69, 9.17) is 11.6 Å². The van der Waals surface area contributed by atoms with E-state index in [1.807, 2.05) is 0 Å². The minimum atomic E-state index is -3.12. The van der Waals surface area contributed by atoms with Gasteiger partial charge in [0.15, 0.2) is 21.5 Å². The van der Waals surface area contributed by atoms with Crippen molar-refractivity contribution in [3.63, 3.8) is 0 Å². The molecule has 0 spiro atoms. The number of hydrogen-bond acceptors (Lipinski definition) is 4. The van der Waals surface area contributed by atoms with E-state index < -0.39 is 20.4 Å². The predicted molar refractivity (Wildman–Crippen MR) is 64.5 cm³/mol. The molecular formula is C10H12ClFN2O2S. The maximum Gasteiger partial charge on any atom is 0.166 e. The number of sulfone groups is 1. The standard InChI is InChI=1S/C10H12ClFN2O2S/c1-17(15,16)10(2-3-10)6-14-9-8(12)4-7(11)5-13-9/h4-5H,2-3,6H2,1H3,(H,13,14). The molecule has 0 radical (unpaired) electrons. The third-order valence-corrected chi connectivity index (χ3v) is 5.31. The van der Waals surface area contributed by atoms with E-state index in [1.165, 1.54) is 12.5 Å². The summed E-state index contributed by atoms with van der Waals surface area (Å²) < 4.78 is 35.6. The molecule has 94 valence electrons. The number of anilines is 1. The number of pyridine rings is 1. The molecule has 0 saturated heterocycles. The number of halogens is 2. The first-order chi connectivity index (χ1) is 7.84. The van der Waals surface area contributed by atoms with Crippen molar-refractivity contribution in [2.45, 2.75) is 17.6 Å². The minimum absolute atomic E-state index is 0.0318. The summed E-state index contributed by atoms with van der Waals surface area (Å²) in [5.74, 6) is -0.550. The molecular weight excluding hydrogens is 267 g/mol. The lowest BCUT2D eigenvalue weighted by molar-refractivity contribution is 0.584. The molecule has 1 aliphatic carbocycles. The topological polar surface area (TPSA) is 59.1 Å². The Morgan fingerprint density at radius 1 is 1.59 bits per heavy atom. The van der Waals surface area contributed by atoms with Crippen molar-refractivity contribution in [3.05, 3.63) is 23.1 Å². The number of nitrogens with one attached hydrogen (secondary N) is 1. The minimum Gasteiger partial charge on any atom is -0.366 e. The van der Waals surface area contributed by atoms with Gasteiger partial charge in [0.25, 0.3) is 0 Å². The Kier molecular flexibility index (Phi) is 3.03. The lowest BCUT2D eigenvalue weighted by Gasteiger charge is -2.14. The van der Waals surface area contributed by atoms with Gasteiger partial charge in [-0.05, 0) is 18.9 Å². The fraction of sp³-hybridized carbons (Fsp3) is 0.500. The Hall–Kier alpha value is -0.880. The van der Waals surface area contributed by atoms with Gasteiger partial charge in [-0.3, -0.25) is 0 Å². The van der Waals surface area contributed by atoms with Crippen LogP contribution in [0, 0.1) is 5.82 Å². The molecule has 17 heavy (non-hydrogen) atoms. The summed E-state index contributed by atoms with van der Waals surface area (Å²) in [4.78, 5) is 3.78. The highest BCUT2D eigenvalue weighted by molar-refractivity contribution is 7.92. The van der Waals surface area contributed by atoms with Crippen molar-refractivity contribution in [2.75, 3.05) is 18.1 Å². The molecule has 1 aliphatic rings. The van der Waals surface area contributed by atoms with Crippen molar-refractivity contribution in [2.24, 2.45) is 0 Å². The Bertz CT molecular complexity index is 543. The Morgan fingerprint density at radius 2 is 2.24 bits per heavy atom. The van der Waals surface area contributed by atoms with E-state index in [9.17, 15) is 12.8 Å². The lowest BCUT2D eigenvalue weighted by atomic mass is 10.4. The summed E-state index contributed by atoms with van der Waals surface area (Å²) in [6.45, 7) is 0.178. The van der Waals surface area contributed by atoms with Crippen LogP contribution in [0.15, 0.2) is 12.3 Å². The molecule has 2 rings (SSSR count). The zero-order chi connectivity index (χ0) is 12.7. The number of rotatable bonds is 4. The van der Waals surface area contributed by atoms with Crippen LogP contribution in [0.25, 0.3) is 0 Å². The molecule has 7 heteroatoms. The van der Waals surface area contributed by atoms with Gasteiger partial charge in [0.2, 0.25) is 0 Å². The van der Waals surface area contributed by atoms with Crippen LogP contribution >= 0.6 is 11.6 Å². The first-order valence-electron chi connectivity index (χ1n) is 5.09. The highest BCUT2D eigenvalue weighted by Crippen LogP contribution is 2.43. The highest BCUT2D eigenvalue weighted by atomic mass is 35.5. The summed E-state index contributed by atoms with van der Waals surface area (Å²) >= 11 is 5.57. The fourth-order valence-corrected chi connectivity index (χ4v) is 2.93. The highest BCUT2D eigenvalue weighted by Gasteiger charge is 2.51. The van der Waals surface area contributed by atoms with Crippen LogP contribution in [-0.4, -0.2) is 30.9 Å². The molecule has 1 saturated carbocycles. The molecule has 0 bridgehead atoms. The second kappa shape index (κ2) is 4.10. The summed E-state index contributed by atoms with van der Waals surface area (Å²) in [6, 6.07) is 1.14. The second-order valence-corrected chi connectivity index (χ2v) is 7.14. The molecule has 0 atom stereocenters. The number of hydrogen-bond donors (Lipinski definition) is 1. The molecule has 1 aromatic rings. The predicted octanol–water partition coefficient (Wildman–Crippen LogP) is 1.86. The van der Waals surface area contributed by atoms with Crippen LogP contribution in [0.5, 0.6) is 0 Å². The van der Waals surface area contributed by atoms with Gasteiger partial charge < -0.3 is 5.32 Å². The van der Waals surface area contributed by atoms with E-state index in [1.54, 1.807) is 0 Å². The molecule has 1 aromatic heterocycles. The van der Waals surface area contributed by atoms with Crippen LogP contribution in [0.2, 0.25) is 5.02 Å². The second-order valence-electron chi connectivity index (χ2n) is 4.29. The first-order valence-corrected chi connectivity index (χ1v) is 7.36. The van der Waals surface area contributed by atoms with Crippen LogP contribution in [-0.2, 0) is 9.84 Å². The summed E-state index contributed by atoms with van der Waals surface area (Å²) in [7, 11) is -3.12. The molecule has 0 unspecified atom stereocenters. The van der Waals surface area contributed by atoms with Crippen molar-refractivity contribution in [1.29, 1.82) is 0 Å². The summed E-state index contributed by atoms with van der Waals surface area (Å²) in [6.07, 6.45) is 3.72. The van der Waals surface area contributed by atoms with E-state index in [0.29, 0.717) is 12.8 Å². The molecule has 4 nitrogen and oxygen atoms in total. The maximum absolute atomic E-state index is 13.4. The van der Waals surface area contributed by atoms with E-state index >= 15 is 0 Å². The van der Waals surface area contributed by atoms with Gasteiger partial charge in [-0.15, -0.1) is 0 Å². The Morgan fingerprint density at radius 3 is 2.71 bits per heavy atom. The summed E-state index contributed by atoms with van der Waals surface area (Å²) in [5.41, 5.74) is 0. The first kappa shape index (κ1) is 12.6. The van der Waals surface area contributed by atoms with Crippen LogP contribution < -0.4 is 5.32 Å². The monoisotopic (exact) mass is 278 g/mol. The smallest absolute Gasteiger partial charge is 0.166 e. The maximum atomic E-state index is 13.4. The van der Waals surface area contributed by atoms with Gasteiger partial charge in [-0.25, -0.2) is 17.8 Å². The van der Waals surface area contributed by atoms with Gasteiger partial charge in [0.1, 0.15) is 0 Å². The average Bonchev–Trinajstić information content (AvgIpc) is 2.96. The quantitative estimate of drug-likeness (QED) is 0.913. The third-order valence-electron chi connectivity index (χ3n) is 2.98. The Balaban J connectivity index is 2.09. The van der Waals surface area contributed by atoms with Crippen molar-refractivity contribution >= 4 is 27.3 Å². The van der Waals surface area contributed by atoms with Gasteiger partial charge in [0, 0.05) is 19.0 Å². The van der Waals surface area contributed by atoms with Crippen molar-refractivity contribution in [3.8, 4) is 0 Å². The molecule has 0 aromatic carbocycles. The Labute approximate surface area is 104 Å². The molecule has 0 amide bonds. The van der Waals surface area contributed by atoms with Gasteiger partial charge in [-0.1, -0.05) is 11.6 Å². The van der Waals surface area contributed by atoms with Gasteiger partial charge in [0.05, 0.1) is 9.77 Å². The van der Waals surface area contributed by atoms with Crippen molar-refractivity contribution < 1.29 is 12.8 Å². The van der Waals surface area contributed by atoms with E-state index in [2.05, 4.69) is 10.3 Å². The van der Waals surface area contributed by atoms with E-state index in [0.717, 1.165) is 6.07 Å². The number of nitrogens with zero attached hydrogens (tertiary/aromatic N) is 1.